The highest BCUT2D eigenvalue weighted by molar-refractivity contribution is 5.78. The first-order valence-corrected chi connectivity index (χ1v) is 3.79. The van der Waals surface area contributed by atoms with Crippen LogP contribution in [0.3, 0.4) is 0 Å². The van der Waals surface area contributed by atoms with Crippen molar-refractivity contribution in [1.29, 1.82) is 0 Å². The first-order chi connectivity index (χ1) is 5.37. The lowest BCUT2D eigenvalue weighted by molar-refractivity contribution is -0.157. The molecule has 0 bridgehead atoms. The van der Waals surface area contributed by atoms with Crippen LogP contribution >= 0.6 is 0 Å². The molecule has 0 fully saturated rings. The van der Waals surface area contributed by atoms with Gasteiger partial charge < -0.3 is 21.4 Å². The molecule has 1 atom stereocenters. The Kier molecular flexibility index (Phi) is 6.35. The van der Waals surface area contributed by atoms with Crippen LogP contribution in [-0.2, 0) is 14.3 Å². The van der Waals surface area contributed by atoms with Crippen LogP contribution in [0.25, 0.3) is 0 Å². The largest absolute Gasteiger partial charge is 0.459 e. The Bertz CT molecular complexity index is 175. The van der Waals surface area contributed by atoms with Gasteiger partial charge in [0.2, 0.25) is 0 Å². The Morgan fingerprint density at radius 1 is 1.54 bits per heavy atom. The third-order valence-electron chi connectivity index (χ3n) is 1.06. The van der Waals surface area contributed by atoms with Gasteiger partial charge in [-0.2, -0.15) is 0 Å². The van der Waals surface area contributed by atoms with Crippen LogP contribution in [0.1, 0.15) is 27.2 Å². The highest BCUT2D eigenvalue weighted by Gasteiger charge is 2.21. The summed E-state index contributed by atoms with van der Waals surface area (Å²) < 4.78 is 4.93. The second-order valence-electron chi connectivity index (χ2n) is 3.54. The van der Waals surface area contributed by atoms with Crippen molar-refractivity contribution in [2.45, 2.75) is 38.8 Å². The molecule has 0 aromatic carbocycles. The van der Waals surface area contributed by atoms with Gasteiger partial charge in [0.25, 0.3) is 0 Å². The Hall–Kier alpha value is -0.940. The third kappa shape index (κ3) is 7.42. The second kappa shape index (κ2) is 5.66. The molecule has 5 heteroatoms. The summed E-state index contributed by atoms with van der Waals surface area (Å²) in [5.74, 6) is -0.533. The molecule has 0 aliphatic carbocycles. The van der Waals surface area contributed by atoms with E-state index in [1.54, 1.807) is 20.8 Å². The van der Waals surface area contributed by atoms with Crippen molar-refractivity contribution in [3.8, 4) is 0 Å². The van der Waals surface area contributed by atoms with Crippen LogP contribution in [0, 0.1) is 0 Å². The van der Waals surface area contributed by atoms with Crippen LogP contribution in [0.15, 0.2) is 0 Å². The van der Waals surface area contributed by atoms with Gasteiger partial charge in [-0.1, -0.05) is 0 Å². The molecule has 0 aromatic heterocycles. The van der Waals surface area contributed by atoms with E-state index in [1.165, 1.54) is 0 Å². The van der Waals surface area contributed by atoms with Gasteiger partial charge in [0.1, 0.15) is 17.9 Å². The zero-order chi connectivity index (χ0) is 9.78. The molecule has 0 radical (unpaired) electrons. The second-order valence-corrected chi connectivity index (χ2v) is 3.54. The van der Waals surface area contributed by atoms with Crippen molar-refractivity contribution in [3.63, 3.8) is 0 Å². The lowest BCUT2D eigenvalue weighted by Gasteiger charge is -2.21. The molecule has 13 heavy (non-hydrogen) atoms. The van der Waals surface area contributed by atoms with Crippen molar-refractivity contribution in [2.24, 2.45) is 5.73 Å². The highest BCUT2D eigenvalue weighted by Crippen LogP contribution is 2.08. The zero-order valence-corrected chi connectivity index (χ0v) is 8.37. The summed E-state index contributed by atoms with van der Waals surface area (Å²) in [5, 5.41) is 0. The minimum atomic E-state index is -0.832. The van der Waals surface area contributed by atoms with E-state index in [0.717, 1.165) is 0 Å². The van der Waals surface area contributed by atoms with Crippen molar-refractivity contribution in [1.82, 2.24) is 6.15 Å². The number of ether oxygens (including phenoxy) is 1. The maximum atomic E-state index is 11.0. The van der Waals surface area contributed by atoms with Gasteiger partial charge in [0, 0.05) is 6.42 Å². The first-order valence-electron chi connectivity index (χ1n) is 3.79. The Labute approximate surface area is 78.2 Å². The quantitative estimate of drug-likeness (QED) is 0.495. The molecule has 0 aliphatic rings. The molecule has 0 saturated heterocycles. The molecule has 0 saturated carbocycles. The van der Waals surface area contributed by atoms with Crippen molar-refractivity contribution in [3.05, 3.63) is 0 Å². The van der Waals surface area contributed by atoms with Gasteiger partial charge >= 0.3 is 5.97 Å². The van der Waals surface area contributed by atoms with Gasteiger partial charge in [-0.15, -0.1) is 0 Å². The predicted octanol–water partition coefficient (Wildman–Crippen LogP) is 0.406. The topological polar surface area (TPSA) is 104 Å². The van der Waals surface area contributed by atoms with E-state index in [4.69, 9.17) is 10.5 Å². The summed E-state index contributed by atoms with van der Waals surface area (Å²) in [6, 6.07) is -0.832. The Morgan fingerprint density at radius 2 is 2.00 bits per heavy atom. The van der Waals surface area contributed by atoms with E-state index >= 15 is 0 Å². The van der Waals surface area contributed by atoms with Crippen LogP contribution in [0.4, 0.5) is 0 Å². The number of nitrogens with two attached hydrogens (primary N) is 1. The molecule has 5 N–H and O–H groups in total. The van der Waals surface area contributed by atoms with E-state index < -0.39 is 17.6 Å². The SMILES string of the molecule is CC(C)(C)OC(=O)C(N)CC=O.N. The van der Waals surface area contributed by atoms with Crippen LogP contribution in [-0.4, -0.2) is 23.9 Å². The number of hydrogen-bond donors (Lipinski definition) is 2. The smallest absolute Gasteiger partial charge is 0.323 e. The number of carbonyl (C=O) groups is 2. The molecule has 0 aliphatic heterocycles. The average Bonchev–Trinajstić information content (AvgIpc) is 1.84. The monoisotopic (exact) mass is 190 g/mol. The molecule has 78 valence electrons. The van der Waals surface area contributed by atoms with Crippen molar-refractivity contribution >= 4 is 12.3 Å². The van der Waals surface area contributed by atoms with Gasteiger partial charge in [-0.25, -0.2) is 0 Å². The number of hydrogen-bond acceptors (Lipinski definition) is 5. The summed E-state index contributed by atoms with van der Waals surface area (Å²) in [6.45, 7) is 5.25. The van der Waals surface area contributed by atoms with E-state index in [0.29, 0.717) is 6.29 Å². The number of carbonyl (C=O) groups excluding carboxylic acids is 2. The van der Waals surface area contributed by atoms with Crippen LogP contribution in [0.5, 0.6) is 0 Å². The standard InChI is InChI=1S/C8H15NO3.H3N/c1-8(2,3)12-7(11)6(9)4-5-10;/h5-6H,4,9H2,1-3H3;1H3. The molecular weight excluding hydrogens is 172 g/mol. The molecule has 0 heterocycles. The molecule has 1 unspecified atom stereocenters. The van der Waals surface area contributed by atoms with E-state index in [-0.39, 0.29) is 12.6 Å². The minimum absolute atomic E-state index is 0. The summed E-state index contributed by atoms with van der Waals surface area (Å²) in [6.07, 6.45) is 0.615. The minimum Gasteiger partial charge on any atom is -0.459 e. The maximum Gasteiger partial charge on any atom is 0.323 e. The predicted molar refractivity (Wildman–Crippen MR) is 49.5 cm³/mol. The third-order valence-corrected chi connectivity index (χ3v) is 1.06. The average molecular weight is 190 g/mol. The van der Waals surface area contributed by atoms with Crippen molar-refractivity contribution in [2.75, 3.05) is 0 Å². The normalized spacial score (nSPS) is 12.6. The Balaban J connectivity index is 0. The van der Waals surface area contributed by atoms with Gasteiger partial charge in [0.15, 0.2) is 0 Å². The van der Waals surface area contributed by atoms with Gasteiger partial charge in [0.05, 0.1) is 0 Å². The summed E-state index contributed by atoms with van der Waals surface area (Å²) >= 11 is 0. The molecule has 0 amide bonds. The fourth-order valence-corrected chi connectivity index (χ4v) is 0.577. The highest BCUT2D eigenvalue weighted by atomic mass is 16.6. The number of esters is 1. The molecule has 0 aromatic rings. The lowest BCUT2D eigenvalue weighted by Crippen LogP contribution is -2.37. The van der Waals surface area contributed by atoms with Crippen LogP contribution < -0.4 is 11.9 Å². The fourth-order valence-electron chi connectivity index (χ4n) is 0.577. The Morgan fingerprint density at radius 3 is 2.31 bits per heavy atom. The molecule has 0 spiro atoms. The van der Waals surface area contributed by atoms with Crippen LogP contribution in [0.2, 0.25) is 0 Å². The first kappa shape index (κ1) is 14.6. The fraction of sp³-hybridized carbons (Fsp3) is 0.750. The van der Waals surface area contributed by atoms with Gasteiger partial charge in [-0.05, 0) is 20.8 Å². The summed E-state index contributed by atoms with van der Waals surface area (Å²) in [4.78, 5) is 21.0. The zero-order valence-electron chi connectivity index (χ0n) is 8.37. The summed E-state index contributed by atoms with van der Waals surface area (Å²) in [5.41, 5.74) is 4.79. The lowest BCUT2D eigenvalue weighted by atomic mass is 10.2. The van der Waals surface area contributed by atoms with E-state index in [9.17, 15) is 9.59 Å². The van der Waals surface area contributed by atoms with E-state index in [2.05, 4.69) is 0 Å². The molecular formula is C8H18N2O3. The van der Waals surface area contributed by atoms with Gasteiger partial charge in [-0.3, -0.25) is 4.79 Å². The number of rotatable bonds is 3. The van der Waals surface area contributed by atoms with Crippen molar-refractivity contribution < 1.29 is 14.3 Å². The van der Waals surface area contributed by atoms with E-state index in [1.807, 2.05) is 0 Å². The molecule has 5 nitrogen and oxygen atoms in total. The summed E-state index contributed by atoms with van der Waals surface area (Å²) in [7, 11) is 0. The molecule has 0 rings (SSSR count). The maximum absolute atomic E-state index is 11.0. The number of aldehydes is 1.